The highest BCUT2D eigenvalue weighted by atomic mass is 16.5. The maximum atomic E-state index is 9.93. The molecule has 4 nitrogen and oxygen atoms in total. The van der Waals surface area contributed by atoms with Crippen LogP contribution in [0.4, 0.5) is 0 Å². The molecule has 4 aromatic carbocycles. The van der Waals surface area contributed by atoms with Gasteiger partial charge in [0, 0.05) is 24.2 Å². The highest BCUT2D eigenvalue weighted by molar-refractivity contribution is 5.77. The Bertz CT molecular complexity index is 1310. The Hall–Kier alpha value is -3.60. The van der Waals surface area contributed by atoms with Crippen molar-refractivity contribution < 1.29 is 14.6 Å². The van der Waals surface area contributed by atoms with Crippen LogP contribution < -0.4 is 9.47 Å². The van der Waals surface area contributed by atoms with Crippen LogP contribution in [0.3, 0.4) is 0 Å². The lowest BCUT2D eigenvalue weighted by molar-refractivity contribution is 0.160. The average Bonchev–Trinajstić information content (AvgIpc) is 3.46. The van der Waals surface area contributed by atoms with E-state index in [9.17, 15) is 5.11 Å². The first-order chi connectivity index (χ1) is 19.3. The summed E-state index contributed by atoms with van der Waals surface area (Å²) in [6, 6.07) is 33.6. The lowest BCUT2D eigenvalue weighted by atomic mass is 9.90. The minimum absolute atomic E-state index is 0.220. The molecule has 1 atom stereocenters. The predicted molar refractivity (Wildman–Crippen MR) is 158 cm³/mol. The van der Waals surface area contributed by atoms with Gasteiger partial charge in [0.1, 0.15) is 24.7 Å². The van der Waals surface area contributed by atoms with Gasteiger partial charge < -0.3 is 14.6 Å². The molecular formula is C35H39NO3. The maximum absolute atomic E-state index is 9.93. The van der Waals surface area contributed by atoms with E-state index in [0.29, 0.717) is 13.2 Å². The summed E-state index contributed by atoms with van der Waals surface area (Å²) >= 11 is 0. The van der Waals surface area contributed by atoms with Gasteiger partial charge in [0.25, 0.3) is 0 Å². The Morgan fingerprint density at radius 1 is 0.769 bits per heavy atom. The first-order valence-corrected chi connectivity index (χ1v) is 14.2. The Morgan fingerprint density at radius 2 is 1.36 bits per heavy atom. The summed E-state index contributed by atoms with van der Waals surface area (Å²) in [7, 11) is 0. The number of aliphatic hydroxyl groups is 1. The van der Waals surface area contributed by atoms with Crippen molar-refractivity contribution in [3.8, 4) is 22.6 Å². The smallest absolute Gasteiger partial charge is 0.131 e. The van der Waals surface area contributed by atoms with E-state index in [-0.39, 0.29) is 12.6 Å². The van der Waals surface area contributed by atoms with Crippen molar-refractivity contribution in [3.63, 3.8) is 0 Å². The molecule has 4 aromatic rings. The summed E-state index contributed by atoms with van der Waals surface area (Å²) in [4.78, 5) is 2.44. The van der Waals surface area contributed by atoms with Crippen molar-refractivity contribution in [3.05, 3.63) is 119 Å². The van der Waals surface area contributed by atoms with Gasteiger partial charge in [0.2, 0.25) is 0 Å². The summed E-state index contributed by atoms with van der Waals surface area (Å²) in [6.45, 7) is 5.36. The molecule has 1 fully saturated rings. The SMILES string of the molecule is CCc1c(OCc2ccccc2)cc(OCc2ccccc2)c(-c2ccccc2)c1CCN1CCCC1CO. The molecule has 0 saturated carbocycles. The van der Waals surface area contributed by atoms with Crippen LogP contribution in [0.25, 0.3) is 11.1 Å². The van der Waals surface area contributed by atoms with Gasteiger partial charge in [0.05, 0.1) is 6.61 Å². The summed E-state index contributed by atoms with van der Waals surface area (Å²) in [6.07, 6.45) is 3.94. The molecule has 1 aliphatic heterocycles. The summed E-state index contributed by atoms with van der Waals surface area (Å²) in [5.74, 6) is 1.74. The Kier molecular flexibility index (Phi) is 9.31. The third-order valence-corrected chi connectivity index (χ3v) is 7.72. The highest BCUT2D eigenvalue weighted by Crippen LogP contribution is 2.42. The molecule has 0 aliphatic carbocycles. The maximum Gasteiger partial charge on any atom is 0.131 e. The number of benzene rings is 4. The zero-order valence-corrected chi connectivity index (χ0v) is 22.9. The van der Waals surface area contributed by atoms with Crippen LogP contribution in [0, 0.1) is 0 Å². The molecule has 1 heterocycles. The second kappa shape index (κ2) is 13.5. The van der Waals surface area contributed by atoms with E-state index in [0.717, 1.165) is 72.5 Å². The normalized spacial score (nSPS) is 15.4. The number of aliphatic hydroxyl groups excluding tert-OH is 1. The molecule has 39 heavy (non-hydrogen) atoms. The molecule has 4 heteroatoms. The molecule has 1 saturated heterocycles. The summed E-state index contributed by atoms with van der Waals surface area (Å²) in [5.41, 5.74) is 7.09. The van der Waals surface area contributed by atoms with Gasteiger partial charge in [-0.1, -0.05) is 97.9 Å². The van der Waals surface area contributed by atoms with Gasteiger partial charge in [0.15, 0.2) is 0 Å². The predicted octanol–water partition coefficient (Wildman–Crippen LogP) is 7.07. The molecule has 1 N–H and O–H groups in total. The number of ether oxygens (including phenoxy) is 2. The fourth-order valence-corrected chi connectivity index (χ4v) is 5.68. The Balaban J connectivity index is 1.56. The fourth-order valence-electron chi connectivity index (χ4n) is 5.68. The summed E-state index contributed by atoms with van der Waals surface area (Å²) in [5, 5.41) is 9.93. The van der Waals surface area contributed by atoms with Crippen LogP contribution in [-0.2, 0) is 26.1 Å². The number of hydrogen-bond donors (Lipinski definition) is 1. The van der Waals surface area contributed by atoms with Gasteiger partial charge in [-0.15, -0.1) is 0 Å². The van der Waals surface area contributed by atoms with Crippen LogP contribution >= 0.6 is 0 Å². The van der Waals surface area contributed by atoms with Gasteiger partial charge in [-0.05, 0) is 60.0 Å². The van der Waals surface area contributed by atoms with Crippen LogP contribution in [0.2, 0.25) is 0 Å². The van der Waals surface area contributed by atoms with Gasteiger partial charge in [-0.3, -0.25) is 4.90 Å². The highest BCUT2D eigenvalue weighted by Gasteiger charge is 2.26. The van der Waals surface area contributed by atoms with E-state index in [1.54, 1.807) is 0 Å². The quantitative estimate of drug-likeness (QED) is 0.216. The topological polar surface area (TPSA) is 41.9 Å². The minimum atomic E-state index is 0.220. The monoisotopic (exact) mass is 521 g/mol. The Morgan fingerprint density at radius 3 is 1.95 bits per heavy atom. The second-order valence-corrected chi connectivity index (χ2v) is 10.2. The first kappa shape index (κ1) is 27.0. The lowest BCUT2D eigenvalue weighted by Crippen LogP contribution is -2.34. The molecule has 1 unspecified atom stereocenters. The lowest BCUT2D eigenvalue weighted by Gasteiger charge is -2.26. The summed E-state index contributed by atoms with van der Waals surface area (Å²) < 4.78 is 13.1. The van der Waals surface area contributed by atoms with Crippen molar-refractivity contribution in [1.29, 1.82) is 0 Å². The van der Waals surface area contributed by atoms with Crippen molar-refractivity contribution in [1.82, 2.24) is 4.90 Å². The molecule has 1 aliphatic rings. The van der Waals surface area contributed by atoms with Gasteiger partial charge in [-0.25, -0.2) is 0 Å². The van der Waals surface area contributed by atoms with Crippen molar-refractivity contribution in [2.75, 3.05) is 19.7 Å². The molecule has 0 spiro atoms. The van der Waals surface area contributed by atoms with Gasteiger partial charge in [-0.2, -0.15) is 0 Å². The standard InChI is InChI=1S/C35H39NO3/c1-2-31-32(20-22-36-21-12-19-30(36)24-37)35(29-17-10-5-11-18-29)34(39-26-28-15-8-4-9-16-28)23-33(31)38-25-27-13-6-3-7-14-27/h3-11,13-18,23,30,37H,2,12,19-22,24-26H2,1H3. The van der Waals surface area contributed by atoms with Gasteiger partial charge >= 0.3 is 0 Å². The number of rotatable bonds is 12. The van der Waals surface area contributed by atoms with E-state index in [1.165, 1.54) is 11.1 Å². The zero-order valence-electron chi connectivity index (χ0n) is 22.9. The van der Waals surface area contributed by atoms with E-state index in [4.69, 9.17) is 9.47 Å². The minimum Gasteiger partial charge on any atom is -0.488 e. The van der Waals surface area contributed by atoms with Crippen molar-refractivity contribution >= 4 is 0 Å². The van der Waals surface area contributed by atoms with Crippen molar-refractivity contribution in [2.45, 2.75) is 51.9 Å². The molecule has 0 radical (unpaired) electrons. The largest absolute Gasteiger partial charge is 0.488 e. The van der Waals surface area contributed by atoms with Crippen molar-refractivity contribution in [2.24, 2.45) is 0 Å². The zero-order chi connectivity index (χ0) is 26.9. The molecule has 0 bridgehead atoms. The molecule has 0 aromatic heterocycles. The third kappa shape index (κ3) is 6.70. The third-order valence-electron chi connectivity index (χ3n) is 7.72. The van der Waals surface area contributed by atoms with E-state index < -0.39 is 0 Å². The van der Waals surface area contributed by atoms with Crippen LogP contribution in [0.1, 0.15) is 42.0 Å². The van der Waals surface area contributed by atoms with E-state index >= 15 is 0 Å². The molecule has 5 rings (SSSR count). The van der Waals surface area contributed by atoms with Crippen LogP contribution in [-0.4, -0.2) is 35.7 Å². The second-order valence-electron chi connectivity index (χ2n) is 10.2. The van der Waals surface area contributed by atoms with Crippen LogP contribution in [0.5, 0.6) is 11.5 Å². The molecule has 202 valence electrons. The molecule has 0 amide bonds. The average molecular weight is 522 g/mol. The number of nitrogens with zero attached hydrogens (tertiary/aromatic N) is 1. The molecular weight excluding hydrogens is 482 g/mol. The number of hydrogen-bond acceptors (Lipinski definition) is 4. The van der Waals surface area contributed by atoms with Crippen LogP contribution in [0.15, 0.2) is 97.1 Å². The first-order valence-electron chi connectivity index (χ1n) is 14.2. The Labute approximate surface area is 232 Å². The fraction of sp³-hybridized carbons (Fsp3) is 0.314. The van der Waals surface area contributed by atoms with E-state index in [1.807, 2.05) is 36.4 Å². The van der Waals surface area contributed by atoms with E-state index in [2.05, 4.69) is 72.5 Å². The number of likely N-dealkylation sites (tertiary alicyclic amines) is 1.